The molecule has 3 heteroatoms. The van der Waals surface area contributed by atoms with Gasteiger partial charge >= 0.3 is 0 Å². The van der Waals surface area contributed by atoms with Crippen molar-refractivity contribution in [3.8, 4) is 0 Å². The van der Waals surface area contributed by atoms with E-state index in [1.807, 2.05) is 23.1 Å². The van der Waals surface area contributed by atoms with E-state index >= 15 is 0 Å². The standard InChI is InChI=1S/C17H26N2O/c1-2-14-9-6-10-19(13-14)17(20)16(12-18)11-15-7-4-3-5-8-15/h3-5,7-8,14,16H,2,6,9-13,18H2,1H3. The molecule has 1 fully saturated rings. The fourth-order valence-corrected chi connectivity index (χ4v) is 3.03. The Labute approximate surface area is 122 Å². The predicted octanol–water partition coefficient (Wildman–Crippen LogP) is 2.45. The zero-order chi connectivity index (χ0) is 14.4. The summed E-state index contributed by atoms with van der Waals surface area (Å²) in [6.07, 6.45) is 4.30. The van der Waals surface area contributed by atoms with Crippen molar-refractivity contribution in [1.29, 1.82) is 0 Å². The van der Waals surface area contributed by atoms with Crippen LogP contribution >= 0.6 is 0 Å². The van der Waals surface area contributed by atoms with E-state index in [2.05, 4.69) is 19.1 Å². The quantitative estimate of drug-likeness (QED) is 0.896. The zero-order valence-corrected chi connectivity index (χ0v) is 12.4. The van der Waals surface area contributed by atoms with Crippen molar-refractivity contribution in [2.24, 2.45) is 17.6 Å². The fourth-order valence-electron chi connectivity index (χ4n) is 3.03. The Morgan fingerprint density at radius 3 is 2.80 bits per heavy atom. The number of benzene rings is 1. The van der Waals surface area contributed by atoms with E-state index in [4.69, 9.17) is 5.73 Å². The van der Waals surface area contributed by atoms with Crippen molar-refractivity contribution in [2.75, 3.05) is 19.6 Å². The Hall–Kier alpha value is -1.35. The largest absolute Gasteiger partial charge is 0.342 e. The molecule has 0 saturated carbocycles. The summed E-state index contributed by atoms with van der Waals surface area (Å²) in [5.74, 6) is 0.838. The van der Waals surface area contributed by atoms with Crippen molar-refractivity contribution in [2.45, 2.75) is 32.6 Å². The molecule has 0 bridgehead atoms. The molecule has 1 aromatic carbocycles. The van der Waals surface area contributed by atoms with Crippen LogP contribution < -0.4 is 5.73 Å². The van der Waals surface area contributed by atoms with Crippen molar-refractivity contribution in [3.63, 3.8) is 0 Å². The van der Waals surface area contributed by atoms with E-state index in [1.165, 1.54) is 12.0 Å². The predicted molar refractivity (Wildman–Crippen MR) is 82.3 cm³/mol. The molecule has 2 N–H and O–H groups in total. The van der Waals surface area contributed by atoms with E-state index < -0.39 is 0 Å². The molecule has 1 saturated heterocycles. The van der Waals surface area contributed by atoms with Crippen LogP contribution in [0.4, 0.5) is 0 Å². The van der Waals surface area contributed by atoms with Gasteiger partial charge in [-0.05, 0) is 30.7 Å². The van der Waals surface area contributed by atoms with Crippen LogP contribution in [0.5, 0.6) is 0 Å². The lowest BCUT2D eigenvalue weighted by molar-refractivity contribution is -0.137. The minimum atomic E-state index is -0.0759. The second-order valence-electron chi connectivity index (χ2n) is 5.82. The zero-order valence-electron chi connectivity index (χ0n) is 12.4. The lowest BCUT2D eigenvalue weighted by Crippen LogP contribution is -2.45. The minimum absolute atomic E-state index is 0.0759. The second-order valence-corrected chi connectivity index (χ2v) is 5.82. The van der Waals surface area contributed by atoms with Crippen LogP contribution in [-0.2, 0) is 11.2 Å². The number of rotatable bonds is 5. The van der Waals surface area contributed by atoms with E-state index in [0.29, 0.717) is 12.5 Å². The average molecular weight is 274 g/mol. The van der Waals surface area contributed by atoms with Gasteiger partial charge in [-0.3, -0.25) is 4.79 Å². The number of likely N-dealkylation sites (tertiary alicyclic amines) is 1. The molecule has 2 atom stereocenters. The van der Waals surface area contributed by atoms with Gasteiger partial charge in [0.05, 0.1) is 5.92 Å². The highest BCUT2D eigenvalue weighted by Crippen LogP contribution is 2.21. The molecule has 110 valence electrons. The first-order valence-electron chi connectivity index (χ1n) is 7.77. The summed E-state index contributed by atoms with van der Waals surface area (Å²) in [6, 6.07) is 10.2. The van der Waals surface area contributed by atoms with Gasteiger partial charge < -0.3 is 10.6 Å². The second kappa shape index (κ2) is 7.44. The summed E-state index contributed by atoms with van der Waals surface area (Å²) in [5.41, 5.74) is 7.04. The minimum Gasteiger partial charge on any atom is -0.342 e. The topological polar surface area (TPSA) is 46.3 Å². The molecule has 1 heterocycles. The molecule has 1 aliphatic rings. The Morgan fingerprint density at radius 2 is 2.15 bits per heavy atom. The lowest BCUT2D eigenvalue weighted by Gasteiger charge is -2.34. The summed E-state index contributed by atoms with van der Waals surface area (Å²) in [7, 11) is 0. The van der Waals surface area contributed by atoms with Gasteiger partial charge in [-0.1, -0.05) is 43.7 Å². The third-order valence-electron chi connectivity index (χ3n) is 4.37. The van der Waals surface area contributed by atoms with E-state index in [0.717, 1.165) is 32.4 Å². The number of carbonyl (C=O) groups is 1. The molecule has 2 rings (SSSR count). The molecule has 0 aliphatic carbocycles. The Balaban J connectivity index is 1.98. The maximum absolute atomic E-state index is 12.6. The molecule has 0 aromatic heterocycles. The fraction of sp³-hybridized carbons (Fsp3) is 0.588. The van der Waals surface area contributed by atoms with Gasteiger partial charge in [0.2, 0.25) is 5.91 Å². The molecular formula is C17H26N2O. The van der Waals surface area contributed by atoms with Gasteiger partial charge in [0.1, 0.15) is 0 Å². The number of nitrogens with zero attached hydrogens (tertiary/aromatic N) is 1. The van der Waals surface area contributed by atoms with Crippen molar-refractivity contribution in [1.82, 2.24) is 4.90 Å². The van der Waals surface area contributed by atoms with E-state index in [9.17, 15) is 4.79 Å². The number of hydrogen-bond acceptors (Lipinski definition) is 2. The highest BCUT2D eigenvalue weighted by molar-refractivity contribution is 5.79. The third kappa shape index (κ3) is 3.83. The van der Waals surface area contributed by atoms with Crippen LogP contribution in [0.25, 0.3) is 0 Å². The molecular weight excluding hydrogens is 248 g/mol. The van der Waals surface area contributed by atoms with Crippen LogP contribution in [0.1, 0.15) is 31.7 Å². The van der Waals surface area contributed by atoms with Crippen LogP contribution in [0.3, 0.4) is 0 Å². The van der Waals surface area contributed by atoms with Crippen LogP contribution in [0.15, 0.2) is 30.3 Å². The van der Waals surface area contributed by atoms with Gasteiger partial charge in [0.15, 0.2) is 0 Å². The van der Waals surface area contributed by atoms with Gasteiger partial charge in [0.25, 0.3) is 0 Å². The number of piperidine rings is 1. The molecule has 0 spiro atoms. The summed E-state index contributed by atoms with van der Waals surface area (Å²) in [5, 5.41) is 0. The van der Waals surface area contributed by atoms with Crippen LogP contribution in [0, 0.1) is 11.8 Å². The summed E-state index contributed by atoms with van der Waals surface area (Å²) < 4.78 is 0. The van der Waals surface area contributed by atoms with Gasteiger partial charge in [0, 0.05) is 19.6 Å². The monoisotopic (exact) mass is 274 g/mol. The van der Waals surface area contributed by atoms with Gasteiger partial charge in [-0.15, -0.1) is 0 Å². The first-order valence-corrected chi connectivity index (χ1v) is 7.77. The highest BCUT2D eigenvalue weighted by atomic mass is 16.2. The summed E-state index contributed by atoms with van der Waals surface area (Å²) in [4.78, 5) is 14.7. The SMILES string of the molecule is CCC1CCCN(C(=O)C(CN)Cc2ccccc2)C1. The molecule has 20 heavy (non-hydrogen) atoms. The number of carbonyl (C=O) groups excluding carboxylic acids is 1. The maximum atomic E-state index is 12.6. The molecule has 0 radical (unpaired) electrons. The molecule has 1 amide bonds. The normalized spacial score (nSPS) is 20.7. The highest BCUT2D eigenvalue weighted by Gasteiger charge is 2.27. The number of nitrogens with two attached hydrogens (primary N) is 1. The van der Waals surface area contributed by atoms with E-state index in [1.54, 1.807) is 0 Å². The molecule has 2 unspecified atom stereocenters. The van der Waals surface area contributed by atoms with E-state index in [-0.39, 0.29) is 11.8 Å². The first kappa shape index (κ1) is 15.0. The smallest absolute Gasteiger partial charge is 0.227 e. The van der Waals surface area contributed by atoms with Crippen LogP contribution in [0.2, 0.25) is 0 Å². The van der Waals surface area contributed by atoms with Gasteiger partial charge in [-0.2, -0.15) is 0 Å². The van der Waals surface area contributed by atoms with Crippen molar-refractivity contribution >= 4 is 5.91 Å². The number of hydrogen-bond donors (Lipinski definition) is 1. The number of amides is 1. The Kier molecular flexibility index (Phi) is 5.60. The van der Waals surface area contributed by atoms with Crippen LogP contribution in [-0.4, -0.2) is 30.4 Å². The average Bonchev–Trinajstić information content (AvgIpc) is 2.53. The lowest BCUT2D eigenvalue weighted by atomic mass is 9.92. The van der Waals surface area contributed by atoms with Gasteiger partial charge in [-0.25, -0.2) is 0 Å². The van der Waals surface area contributed by atoms with Crippen molar-refractivity contribution < 1.29 is 4.79 Å². The Morgan fingerprint density at radius 1 is 1.40 bits per heavy atom. The summed E-state index contributed by atoms with van der Waals surface area (Å²) >= 11 is 0. The molecule has 1 aromatic rings. The Bertz CT molecular complexity index is 418. The first-order chi connectivity index (χ1) is 9.74. The summed E-state index contributed by atoms with van der Waals surface area (Å²) in [6.45, 7) is 4.46. The molecule has 3 nitrogen and oxygen atoms in total. The third-order valence-corrected chi connectivity index (χ3v) is 4.37. The van der Waals surface area contributed by atoms with Crippen molar-refractivity contribution in [3.05, 3.63) is 35.9 Å². The maximum Gasteiger partial charge on any atom is 0.227 e. The molecule has 1 aliphatic heterocycles.